The zero-order chi connectivity index (χ0) is 16.3. The van der Waals surface area contributed by atoms with Crippen LogP contribution in [0.15, 0.2) is 16.5 Å². The average Bonchev–Trinajstić information content (AvgIpc) is 2.72. The molecule has 0 atom stereocenters. The van der Waals surface area contributed by atoms with Gasteiger partial charge in [-0.2, -0.15) is 5.10 Å². The number of aryl methyl sites for hydroxylation is 1. The van der Waals surface area contributed by atoms with E-state index < -0.39 is 10.0 Å². The third-order valence-electron chi connectivity index (χ3n) is 3.77. The van der Waals surface area contributed by atoms with Crippen LogP contribution in [0.4, 0.5) is 0 Å². The number of halogens is 1. The van der Waals surface area contributed by atoms with Crippen molar-refractivity contribution in [2.75, 3.05) is 19.6 Å². The predicted octanol–water partition coefficient (Wildman–Crippen LogP) is 1.78. The Hall–Kier alpha value is -0.890. The molecule has 1 aromatic heterocycles. The van der Waals surface area contributed by atoms with E-state index in [2.05, 4.69) is 29.0 Å². The van der Waals surface area contributed by atoms with Crippen molar-refractivity contribution in [3.05, 3.63) is 23.0 Å². The lowest BCUT2D eigenvalue weighted by atomic mass is 10.1. The summed E-state index contributed by atoms with van der Waals surface area (Å²) >= 11 is 0. The topological polar surface area (TPSA) is 76.0 Å². The summed E-state index contributed by atoms with van der Waals surface area (Å²) in [5.41, 5.74) is 2.40. The summed E-state index contributed by atoms with van der Waals surface area (Å²) in [6.07, 6.45) is 2.93. The average molecular weight is 363 g/mol. The van der Waals surface area contributed by atoms with Crippen LogP contribution < -0.4 is 10.0 Å². The van der Waals surface area contributed by atoms with Crippen LogP contribution in [0, 0.1) is 19.8 Å². The van der Waals surface area contributed by atoms with Crippen LogP contribution in [0.5, 0.6) is 0 Å². The highest BCUT2D eigenvalue weighted by Gasteiger charge is 2.24. The smallest absolute Gasteiger partial charge is 0.244 e. The molecule has 0 aromatic carbocycles. The first-order valence-corrected chi connectivity index (χ1v) is 9.22. The number of hydrogen-bond acceptors (Lipinski definition) is 4. The third-order valence-corrected chi connectivity index (χ3v) is 5.42. The fourth-order valence-corrected chi connectivity index (χ4v) is 4.13. The van der Waals surface area contributed by atoms with Gasteiger partial charge in [-0.15, -0.1) is 12.4 Å². The van der Waals surface area contributed by atoms with Crippen LogP contribution in [-0.2, 0) is 16.6 Å². The van der Waals surface area contributed by atoms with Crippen molar-refractivity contribution in [3.8, 4) is 0 Å². The van der Waals surface area contributed by atoms with Gasteiger partial charge >= 0.3 is 0 Å². The molecule has 0 aliphatic carbocycles. The number of nitrogens with zero attached hydrogens (tertiary/aromatic N) is 2. The van der Waals surface area contributed by atoms with Crippen molar-refractivity contribution in [3.63, 3.8) is 0 Å². The Labute approximate surface area is 145 Å². The van der Waals surface area contributed by atoms with E-state index in [4.69, 9.17) is 0 Å². The van der Waals surface area contributed by atoms with Crippen LogP contribution in [0.25, 0.3) is 0 Å². The summed E-state index contributed by atoms with van der Waals surface area (Å²) in [6, 6.07) is 0. The van der Waals surface area contributed by atoms with Gasteiger partial charge in [-0.1, -0.05) is 25.5 Å². The van der Waals surface area contributed by atoms with Crippen LogP contribution in [0.1, 0.15) is 31.7 Å². The summed E-state index contributed by atoms with van der Waals surface area (Å²) in [5.74, 6) is 0.418. The highest BCUT2D eigenvalue weighted by atomic mass is 35.5. The lowest BCUT2D eigenvalue weighted by Gasteiger charge is -2.15. The summed E-state index contributed by atoms with van der Waals surface area (Å²) in [5, 5.41) is 7.60. The summed E-state index contributed by atoms with van der Waals surface area (Å²) in [6.45, 7) is 10.6. The molecule has 132 valence electrons. The molecule has 1 aromatic rings. The van der Waals surface area contributed by atoms with Crippen molar-refractivity contribution in [2.24, 2.45) is 5.92 Å². The van der Waals surface area contributed by atoms with Gasteiger partial charge in [-0.05, 0) is 32.7 Å². The fourth-order valence-electron chi connectivity index (χ4n) is 2.68. The Morgan fingerprint density at radius 3 is 2.65 bits per heavy atom. The third kappa shape index (κ3) is 5.04. The lowest BCUT2D eigenvalue weighted by Crippen LogP contribution is -2.30. The summed E-state index contributed by atoms with van der Waals surface area (Å²) < 4.78 is 29.7. The second-order valence-corrected chi connectivity index (χ2v) is 7.92. The summed E-state index contributed by atoms with van der Waals surface area (Å²) in [7, 11) is -3.53. The van der Waals surface area contributed by atoms with E-state index in [1.54, 1.807) is 11.6 Å². The van der Waals surface area contributed by atoms with Crippen molar-refractivity contribution in [1.82, 2.24) is 19.8 Å². The number of aromatic nitrogens is 2. The first-order chi connectivity index (χ1) is 10.3. The Morgan fingerprint density at radius 1 is 1.39 bits per heavy atom. The Bertz CT molecular complexity index is 665. The molecular weight excluding hydrogens is 336 g/mol. The molecule has 1 aliphatic rings. The van der Waals surface area contributed by atoms with Gasteiger partial charge in [-0.3, -0.25) is 4.68 Å². The van der Waals surface area contributed by atoms with Gasteiger partial charge in [-0.25, -0.2) is 13.1 Å². The molecule has 0 radical (unpaired) electrons. The Kier molecular flexibility index (Phi) is 7.26. The molecule has 6 nitrogen and oxygen atoms in total. The minimum absolute atomic E-state index is 0. The van der Waals surface area contributed by atoms with Crippen molar-refractivity contribution in [1.29, 1.82) is 0 Å². The van der Waals surface area contributed by atoms with Crippen LogP contribution in [0.2, 0.25) is 0 Å². The second kappa shape index (κ2) is 8.28. The minimum Gasteiger partial charge on any atom is -0.313 e. The number of rotatable bonds is 6. The molecule has 2 heterocycles. The first-order valence-electron chi connectivity index (χ1n) is 7.73. The minimum atomic E-state index is -3.53. The van der Waals surface area contributed by atoms with Crippen molar-refractivity contribution < 1.29 is 8.42 Å². The monoisotopic (exact) mass is 362 g/mol. The number of nitrogens with one attached hydrogen (secondary N) is 2. The van der Waals surface area contributed by atoms with E-state index in [9.17, 15) is 8.42 Å². The molecular formula is C15H27ClN4O2S. The van der Waals surface area contributed by atoms with E-state index in [-0.39, 0.29) is 12.4 Å². The fraction of sp³-hybridized carbons (Fsp3) is 0.667. The highest BCUT2D eigenvalue weighted by Crippen LogP contribution is 2.20. The molecule has 0 unspecified atom stereocenters. The van der Waals surface area contributed by atoms with E-state index >= 15 is 0 Å². The molecule has 0 spiro atoms. The molecule has 23 heavy (non-hydrogen) atoms. The Balaban J connectivity index is 0.00000264. The van der Waals surface area contributed by atoms with Crippen LogP contribution >= 0.6 is 12.4 Å². The molecule has 2 rings (SSSR count). The standard InChI is InChI=1S/C15H26N4O2S.ClH/c1-11(2)10-19-13(4)15(12(3)18-19)22(20,21)17-9-14-5-7-16-8-6-14;/h5,11,16-17H,6-10H2,1-4H3;1H. The van der Waals surface area contributed by atoms with Gasteiger partial charge in [0.05, 0.1) is 11.4 Å². The van der Waals surface area contributed by atoms with Gasteiger partial charge in [0, 0.05) is 19.6 Å². The normalized spacial score (nSPS) is 15.4. The summed E-state index contributed by atoms with van der Waals surface area (Å²) in [4.78, 5) is 0.322. The molecule has 8 heteroatoms. The van der Waals surface area contributed by atoms with Gasteiger partial charge in [0.15, 0.2) is 0 Å². The first kappa shape index (κ1) is 20.2. The number of sulfonamides is 1. The maximum Gasteiger partial charge on any atom is 0.244 e. The molecule has 0 amide bonds. The lowest BCUT2D eigenvalue weighted by molar-refractivity contribution is 0.471. The van der Waals surface area contributed by atoms with Gasteiger partial charge < -0.3 is 5.32 Å². The largest absolute Gasteiger partial charge is 0.313 e. The SMILES string of the molecule is Cc1nn(CC(C)C)c(C)c1S(=O)(=O)NCC1=CCNCC1.Cl. The molecule has 0 bridgehead atoms. The van der Waals surface area contributed by atoms with E-state index in [0.717, 1.165) is 31.6 Å². The quantitative estimate of drug-likeness (QED) is 0.756. The zero-order valence-electron chi connectivity index (χ0n) is 14.2. The van der Waals surface area contributed by atoms with E-state index in [1.165, 1.54) is 0 Å². The Morgan fingerprint density at radius 2 is 2.09 bits per heavy atom. The second-order valence-electron chi connectivity index (χ2n) is 6.22. The van der Waals surface area contributed by atoms with Crippen molar-refractivity contribution >= 4 is 22.4 Å². The molecule has 1 aliphatic heterocycles. The van der Waals surface area contributed by atoms with Gasteiger partial charge in [0.1, 0.15) is 4.90 Å². The molecule has 0 saturated carbocycles. The zero-order valence-corrected chi connectivity index (χ0v) is 15.9. The van der Waals surface area contributed by atoms with Crippen LogP contribution in [-0.4, -0.2) is 37.8 Å². The predicted molar refractivity (Wildman–Crippen MR) is 94.5 cm³/mol. The van der Waals surface area contributed by atoms with Gasteiger partial charge in [0.2, 0.25) is 10.0 Å². The van der Waals surface area contributed by atoms with E-state index in [0.29, 0.717) is 28.7 Å². The molecule has 0 fully saturated rings. The molecule has 2 N–H and O–H groups in total. The molecule has 0 saturated heterocycles. The van der Waals surface area contributed by atoms with E-state index in [1.807, 2.05) is 13.0 Å². The maximum atomic E-state index is 12.6. The maximum absolute atomic E-state index is 12.6. The van der Waals surface area contributed by atoms with Gasteiger partial charge in [0.25, 0.3) is 0 Å². The highest BCUT2D eigenvalue weighted by molar-refractivity contribution is 7.89. The van der Waals surface area contributed by atoms with Crippen LogP contribution in [0.3, 0.4) is 0 Å². The number of hydrogen-bond donors (Lipinski definition) is 2. The van der Waals surface area contributed by atoms with Crippen molar-refractivity contribution in [2.45, 2.75) is 45.6 Å².